The zero-order valence-electron chi connectivity index (χ0n) is 14.1. The summed E-state index contributed by atoms with van der Waals surface area (Å²) in [6.45, 7) is 11.0. The molecule has 2 nitrogen and oxygen atoms in total. The summed E-state index contributed by atoms with van der Waals surface area (Å²) >= 11 is 0. The van der Waals surface area contributed by atoms with Gasteiger partial charge in [0.05, 0.1) is 12.2 Å². The van der Waals surface area contributed by atoms with Crippen molar-refractivity contribution in [1.29, 1.82) is 0 Å². The summed E-state index contributed by atoms with van der Waals surface area (Å²) in [6, 6.07) is 6.92. The van der Waals surface area contributed by atoms with Gasteiger partial charge >= 0.3 is 0 Å². The molecule has 0 aliphatic heterocycles. The lowest BCUT2D eigenvalue weighted by atomic mass is 9.84. The van der Waals surface area contributed by atoms with E-state index in [1.54, 1.807) is 14.2 Å². The summed E-state index contributed by atoms with van der Waals surface area (Å²) in [6.07, 6.45) is 2.40. The van der Waals surface area contributed by atoms with Crippen molar-refractivity contribution in [3.8, 4) is 0 Å². The average Bonchev–Trinajstić information content (AvgIpc) is 2.37. The number of hydrogen-bond acceptors (Lipinski definition) is 2. The zero-order chi connectivity index (χ0) is 15.3. The normalized spacial score (nSPS) is 15.2. The molecule has 20 heavy (non-hydrogen) atoms. The first-order valence-corrected chi connectivity index (χ1v) is 7.45. The summed E-state index contributed by atoms with van der Waals surface area (Å²) < 4.78 is 10.8. The molecule has 114 valence electrons. The van der Waals surface area contributed by atoms with Gasteiger partial charge in [0.1, 0.15) is 0 Å². The molecule has 1 aromatic rings. The van der Waals surface area contributed by atoms with Crippen LogP contribution in [0.5, 0.6) is 0 Å². The van der Waals surface area contributed by atoms with Gasteiger partial charge in [-0.3, -0.25) is 0 Å². The number of methoxy groups -OCH3 is 2. The summed E-state index contributed by atoms with van der Waals surface area (Å²) in [5, 5.41) is 0. The third-order valence-corrected chi connectivity index (χ3v) is 3.77. The number of rotatable bonds is 6. The molecule has 0 aromatic heterocycles. The van der Waals surface area contributed by atoms with Crippen LogP contribution in [0.4, 0.5) is 0 Å². The first kappa shape index (κ1) is 17.2. The second-order valence-electron chi connectivity index (χ2n) is 6.79. The summed E-state index contributed by atoms with van der Waals surface area (Å²) in [5.74, 6) is 0. The highest BCUT2D eigenvalue weighted by Crippen LogP contribution is 2.26. The van der Waals surface area contributed by atoms with E-state index >= 15 is 0 Å². The third kappa shape index (κ3) is 5.26. The van der Waals surface area contributed by atoms with Crippen LogP contribution in [0.25, 0.3) is 0 Å². The van der Waals surface area contributed by atoms with Crippen molar-refractivity contribution < 1.29 is 9.47 Å². The van der Waals surface area contributed by atoms with Gasteiger partial charge in [-0.2, -0.15) is 0 Å². The predicted molar refractivity (Wildman–Crippen MR) is 85.5 cm³/mol. The van der Waals surface area contributed by atoms with Crippen LogP contribution in [0.2, 0.25) is 0 Å². The van der Waals surface area contributed by atoms with Crippen molar-refractivity contribution in [3.05, 3.63) is 34.9 Å². The molecule has 0 bridgehead atoms. The fourth-order valence-electron chi connectivity index (χ4n) is 2.26. The summed E-state index contributed by atoms with van der Waals surface area (Å²) in [4.78, 5) is 0. The molecule has 0 aliphatic rings. The Bertz CT molecular complexity index is 388. The van der Waals surface area contributed by atoms with Crippen molar-refractivity contribution in [3.63, 3.8) is 0 Å². The number of benzene rings is 1. The molecule has 0 amide bonds. The average molecular weight is 278 g/mol. The topological polar surface area (TPSA) is 18.5 Å². The summed E-state index contributed by atoms with van der Waals surface area (Å²) in [7, 11) is 3.54. The van der Waals surface area contributed by atoms with Gasteiger partial charge in [0.15, 0.2) is 0 Å². The van der Waals surface area contributed by atoms with Crippen LogP contribution in [0, 0.1) is 0 Å². The van der Waals surface area contributed by atoms with Gasteiger partial charge < -0.3 is 9.47 Å². The van der Waals surface area contributed by atoms with Crippen LogP contribution in [0.15, 0.2) is 18.2 Å². The van der Waals surface area contributed by atoms with Gasteiger partial charge in [-0.05, 0) is 48.8 Å². The molecule has 1 aromatic carbocycles. The molecule has 0 saturated carbocycles. The van der Waals surface area contributed by atoms with E-state index in [1.807, 2.05) is 0 Å². The Morgan fingerprint density at radius 2 is 1.25 bits per heavy atom. The van der Waals surface area contributed by atoms with Gasteiger partial charge in [-0.15, -0.1) is 0 Å². The Labute approximate surface area is 124 Å². The molecule has 0 saturated heterocycles. The molecule has 2 atom stereocenters. The third-order valence-electron chi connectivity index (χ3n) is 3.77. The second kappa shape index (κ2) is 7.24. The Morgan fingerprint density at radius 1 is 0.850 bits per heavy atom. The summed E-state index contributed by atoms with van der Waals surface area (Å²) in [5.41, 5.74) is 4.25. The van der Waals surface area contributed by atoms with Crippen molar-refractivity contribution in [2.75, 3.05) is 14.2 Å². The van der Waals surface area contributed by atoms with E-state index in [9.17, 15) is 0 Å². The molecule has 0 radical (unpaired) electrons. The Kier molecular flexibility index (Phi) is 6.22. The lowest BCUT2D eigenvalue weighted by Gasteiger charge is -2.23. The molecule has 0 N–H and O–H groups in total. The van der Waals surface area contributed by atoms with Crippen LogP contribution >= 0.6 is 0 Å². The van der Waals surface area contributed by atoms with Crippen LogP contribution < -0.4 is 0 Å². The maximum Gasteiger partial charge on any atom is 0.0583 e. The highest BCUT2D eigenvalue weighted by atomic mass is 16.5. The molecule has 0 aliphatic carbocycles. The predicted octanol–water partition coefficient (Wildman–Crippen LogP) is 4.14. The zero-order valence-corrected chi connectivity index (χ0v) is 14.1. The van der Waals surface area contributed by atoms with Gasteiger partial charge in [0.2, 0.25) is 0 Å². The van der Waals surface area contributed by atoms with Crippen molar-refractivity contribution in [1.82, 2.24) is 0 Å². The van der Waals surface area contributed by atoms with Gasteiger partial charge in [-0.25, -0.2) is 0 Å². The van der Waals surface area contributed by atoms with Crippen LogP contribution in [0.3, 0.4) is 0 Å². The second-order valence-corrected chi connectivity index (χ2v) is 6.79. The van der Waals surface area contributed by atoms with Crippen molar-refractivity contribution in [2.24, 2.45) is 0 Å². The van der Waals surface area contributed by atoms with E-state index in [0.29, 0.717) is 0 Å². The van der Waals surface area contributed by atoms with E-state index in [-0.39, 0.29) is 17.6 Å². The standard InChI is InChI=1S/C18H30O2/c1-13(19-6)8-15-10-16(9-14(2)20-7)12-17(11-15)18(3,4)5/h10-14H,8-9H2,1-7H3. The highest BCUT2D eigenvalue weighted by molar-refractivity contribution is 5.35. The minimum atomic E-state index is 0.164. The van der Waals surface area contributed by atoms with Crippen molar-refractivity contribution in [2.45, 2.75) is 65.1 Å². The largest absolute Gasteiger partial charge is 0.381 e. The molecule has 2 heteroatoms. The Balaban J connectivity index is 3.07. The fourth-order valence-corrected chi connectivity index (χ4v) is 2.26. The fraction of sp³-hybridized carbons (Fsp3) is 0.667. The highest BCUT2D eigenvalue weighted by Gasteiger charge is 2.16. The molecule has 2 unspecified atom stereocenters. The van der Waals surface area contributed by atoms with Crippen molar-refractivity contribution >= 4 is 0 Å². The van der Waals surface area contributed by atoms with Gasteiger partial charge in [-0.1, -0.05) is 39.0 Å². The van der Waals surface area contributed by atoms with E-state index in [1.165, 1.54) is 16.7 Å². The lowest BCUT2D eigenvalue weighted by molar-refractivity contribution is 0.117. The smallest absolute Gasteiger partial charge is 0.0583 e. The van der Waals surface area contributed by atoms with Crippen LogP contribution in [-0.2, 0) is 27.7 Å². The van der Waals surface area contributed by atoms with Gasteiger partial charge in [0, 0.05) is 14.2 Å². The number of hydrogen-bond donors (Lipinski definition) is 0. The molecule has 0 heterocycles. The van der Waals surface area contributed by atoms with E-state index in [2.05, 4.69) is 52.8 Å². The quantitative estimate of drug-likeness (QED) is 0.778. The number of ether oxygens (including phenoxy) is 2. The SMILES string of the molecule is COC(C)Cc1cc(CC(C)OC)cc(C(C)(C)C)c1. The van der Waals surface area contributed by atoms with Gasteiger partial charge in [0.25, 0.3) is 0 Å². The monoisotopic (exact) mass is 278 g/mol. The lowest BCUT2D eigenvalue weighted by Crippen LogP contribution is -2.16. The molecule has 0 spiro atoms. The molecule has 0 fully saturated rings. The maximum atomic E-state index is 5.40. The molecular formula is C18H30O2. The molecule has 1 rings (SSSR count). The van der Waals surface area contributed by atoms with Crippen LogP contribution in [-0.4, -0.2) is 26.4 Å². The van der Waals surface area contributed by atoms with E-state index < -0.39 is 0 Å². The Morgan fingerprint density at radius 3 is 1.55 bits per heavy atom. The minimum Gasteiger partial charge on any atom is -0.381 e. The van der Waals surface area contributed by atoms with E-state index in [4.69, 9.17) is 9.47 Å². The van der Waals surface area contributed by atoms with E-state index in [0.717, 1.165) is 12.8 Å². The van der Waals surface area contributed by atoms with Crippen LogP contribution in [0.1, 0.15) is 51.3 Å². The Hall–Kier alpha value is -0.860. The maximum absolute atomic E-state index is 5.40. The first-order valence-electron chi connectivity index (χ1n) is 7.45. The minimum absolute atomic E-state index is 0.164. The first-order chi connectivity index (χ1) is 9.26. The molecular weight excluding hydrogens is 248 g/mol.